The summed E-state index contributed by atoms with van der Waals surface area (Å²) in [6, 6.07) is 3.73. The Bertz CT molecular complexity index is 397. The molecule has 1 fully saturated rings. The average molecular weight is 296 g/mol. The lowest BCUT2D eigenvalue weighted by Crippen LogP contribution is -2.22. The number of hydrogen-bond acceptors (Lipinski definition) is 2. The second-order valence-electron chi connectivity index (χ2n) is 4.82. The highest BCUT2D eigenvalue weighted by atomic mass is 79.9. The van der Waals surface area contributed by atoms with Crippen molar-refractivity contribution in [3.05, 3.63) is 28.5 Å². The molecule has 1 aliphatic carbocycles. The van der Waals surface area contributed by atoms with Crippen LogP contribution in [-0.2, 0) is 0 Å². The Balaban J connectivity index is 2.04. The van der Waals surface area contributed by atoms with Crippen LogP contribution in [0.2, 0.25) is 0 Å². The Morgan fingerprint density at radius 3 is 2.71 bits per heavy atom. The molecule has 0 aromatic carbocycles. The molecule has 0 saturated heterocycles. The summed E-state index contributed by atoms with van der Waals surface area (Å²) in [6.45, 7) is 2.24. The number of ketones is 1. The zero-order valence-electron chi connectivity index (χ0n) is 10.2. The van der Waals surface area contributed by atoms with Crippen LogP contribution in [0.4, 0.5) is 0 Å². The lowest BCUT2D eigenvalue weighted by molar-refractivity contribution is 0.0865. The van der Waals surface area contributed by atoms with Crippen LogP contribution in [0.1, 0.15) is 49.5 Å². The van der Waals surface area contributed by atoms with Gasteiger partial charge >= 0.3 is 0 Å². The van der Waals surface area contributed by atoms with Crippen molar-refractivity contribution < 1.29 is 4.79 Å². The summed E-state index contributed by atoms with van der Waals surface area (Å²) in [6.07, 6.45) is 7.37. The Labute approximate surface area is 111 Å². The summed E-state index contributed by atoms with van der Waals surface area (Å²) in [5.74, 6) is 1.22. The zero-order chi connectivity index (χ0) is 12.3. The van der Waals surface area contributed by atoms with E-state index in [1.807, 2.05) is 12.1 Å². The first-order valence-electron chi connectivity index (χ1n) is 6.37. The lowest BCUT2D eigenvalue weighted by Gasteiger charge is -2.26. The fourth-order valence-electron chi connectivity index (χ4n) is 2.59. The van der Waals surface area contributed by atoms with Crippen LogP contribution in [0.5, 0.6) is 0 Å². The highest BCUT2D eigenvalue weighted by molar-refractivity contribution is 9.10. The quantitative estimate of drug-likeness (QED) is 0.781. The van der Waals surface area contributed by atoms with Crippen LogP contribution in [0.15, 0.2) is 22.8 Å². The van der Waals surface area contributed by atoms with Crippen LogP contribution in [0, 0.1) is 11.8 Å². The number of hydrogen-bond donors (Lipinski definition) is 0. The first-order chi connectivity index (χ1) is 8.22. The molecule has 0 atom stereocenters. The van der Waals surface area contributed by atoms with Crippen molar-refractivity contribution in [1.29, 1.82) is 0 Å². The van der Waals surface area contributed by atoms with Gasteiger partial charge in [0.1, 0.15) is 5.69 Å². The number of pyridine rings is 1. The molecule has 1 aromatic heterocycles. The number of Topliss-reactive ketones (excluding diaryl/α,β-unsaturated/α-hetero) is 1. The Hall–Kier alpha value is -0.700. The van der Waals surface area contributed by atoms with Crippen molar-refractivity contribution >= 4 is 21.7 Å². The van der Waals surface area contributed by atoms with Crippen molar-refractivity contribution in [2.24, 2.45) is 11.8 Å². The standard InChI is InChI=1S/C14H18BrNO/c1-2-10-5-7-11(8-6-10)14(17)13-12(15)4-3-9-16-13/h3-4,9-11H,2,5-8H2,1H3. The molecule has 92 valence electrons. The molecule has 0 spiro atoms. The highest BCUT2D eigenvalue weighted by Crippen LogP contribution is 2.33. The zero-order valence-corrected chi connectivity index (χ0v) is 11.7. The van der Waals surface area contributed by atoms with E-state index in [1.54, 1.807) is 6.20 Å². The molecule has 17 heavy (non-hydrogen) atoms. The number of carbonyl (C=O) groups is 1. The average Bonchev–Trinajstić information content (AvgIpc) is 2.39. The van der Waals surface area contributed by atoms with Crippen molar-refractivity contribution in [3.8, 4) is 0 Å². The third kappa shape index (κ3) is 2.95. The van der Waals surface area contributed by atoms with Crippen molar-refractivity contribution in [2.45, 2.75) is 39.0 Å². The fraction of sp³-hybridized carbons (Fsp3) is 0.571. The molecule has 1 saturated carbocycles. The van der Waals surface area contributed by atoms with E-state index in [1.165, 1.54) is 19.3 Å². The van der Waals surface area contributed by atoms with Gasteiger partial charge in [0.15, 0.2) is 5.78 Å². The Morgan fingerprint density at radius 2 is 2.12 bits per heavy atom. The van der Waals surface area contributed by atoms with Crippen LogP contribution in [-0.4, -0.2) is 10.8 Å². The fourth-order valence-corrected chi connectivity index (χ4v) is 3.04. The summed E-state index contributed by atoms with van der Waals surface area (Å²) in [5, 5.41) is 0. The first-order valence-corrected chi connectivity index (χ1v) is 7.16. The third-order valence-electron chi connectivity index (χ3n) is 3.79. The molecule has 3 heteroatoms. The van der Waals surface area contributed by atoms with E-state index >= 15 is 0 Å². The van der Waals surface area contributed by atoms with Gasteiger partial charge in [-0.2, -0.15) is 0 Å². The molecule has 0 radical (unpaired) electrons. The van der Waals surface area contributed by atoms with Gasteiger partial charge in [-0.25, -0.2) is 0 Å². The molecule has 0 amide bonds. The van der Waals surface area contributed by atoms with Gasteiger partial charge in [-0.3, -0.25) is 9.78 Å². The van der Waals surface area contributed by atoms with Crippen LogP contribution < -0.4 is 0 Å². The predicted molar refractivity (Wildman–Crippen MR) is 72.0 cm³/mol. The molecule has 1 aliphatic rings. The minimum absolute atomic E-state index is 0.184. The summed E-state index contributed by atoms with van der Waals surface area (Å²) in [7, 11) is 0. The second kappa shape index (κ2) is 5.76. The minimum Gasteiger partial charge on any atom is -0.292 e. The largest absolute Gasteiger partial charge is 0.292 e. The number of rotatable bonds is 3. The number of nitrogens with zero attached hydrogens (tertiary/aromatic N) is 1. The van der Waals surface area contributed by atoms with Gasteiger partial charge in [-0.1, -0.05) is 13.3 Å². The van der Waals surface area contributed by atoms with E-state index in [9.17, 15) is 4.79 Å². The van der Waals surface area contributed by atoms with E-state index in [2.05, 4.69) is 27.8 Å². The van der Waals surface area contributed by atoms with E-state index < -0.39 is 0 Å². The Kier molecular flexibility index (Phi) is 4.32. The highest BCUT2D eigenvalue weighted by Gasteiger charge is 2.27. The maximum atomic E-state index is 12.3. The molecular weight excluding hydrogens is 278 g/mol. The molecule has 1 aromatic rings. The monoisotopic (exact) mass is 295 g/mol. The van der Waals surface area contributed by atoms with E-state index in [4.69, 9.17) is 0 Å². The van der Waals surface area contributed by atoms with Gasteiger partial charge in [0.25, 0.3) is 0 Å². The Morgan fingerprint density at radius 1 is 1.41 bits per heavy atom. The van der Waals surface area contributed by atoms with Gasteiger partial charge in [0.2, 0.25) is 0 Å². The van der Waals surface area contributed by atoms with Gasteiger partial charge in [0, 0.05) is 16.6 Å². The van der Waals surface area contributed by atoms with E-state index in [0.29, 0.717) is 5.69 Å². The smallest absolute Gasteiger partial charge is 0.185 e. The first kappa shape index (κ1) is 12.7. The topological polar surface area (TPSA) is 30.0 Å². The maximum absolute atomic E-state index is 12.3. The molecule has 0 unspecified atom stereocenters. The molecular formula is C14H18BrNO. The predicted octanol–water partition coefficient (Wildman–Crippen LogP) is 4.24. The van der Waals surface area contributed by atoms with Gasteiger partial charge in [-0.05, 0) is 59.7 Å². The molecule has 2 nitrogen and oxygen atoms in total. The van der Waals surface area contributed by atoms with Crippen LogP contribution in [0.25, 0.3) is 0 Å². The van der Waals surface area contributed by atoms with Crippen molar-refractivity contribution in [3.63, 3.8) is 0 Å². The summed E-state index contributed by atoms with van der Waals surface area (Å²) >= 11 is 3.41. The molecule has 0 aliphatic heterocycles. The van der Waals surface area contributed by atoms with E-state index in [0.717, 1.165) is 23.2 Å². The molecule has 0 N–H and O–H groups in total. The van der Waals surface area contributed by atoms with Crippen molar-refractivity contribution in [1.82, 2.24) is 4.98 Å². The molecule has 1 heterocycles. The van der Waals surface area contributed by atoms with Crippen LogP contribution in [0.3, 0.4) is 0 Å². The van der Waals surface area contributed by atoms with Gasteiger partial charge in [0.05, 0.1) is 0 Å². The van der Waals surface area contributed by atoms with Gasteiger partial charge in [-0.15, -0.1) is 0 Å². The second-order valence-corrected chi connectivity index (χ2v) is 5.68. The van der Waals surface area contributed by atoms with E-state index in [-0.39, 0.29) is 11.7 Å². The van der Waals surface area contributed by atoms with Crippen molar-refractivity contribution in [2.75, 3.05) is 0 Å². The SMILES string of the molecule is CCC1CCC(C(=O)c2ncccc2Br)CC1. The summed E-state index contributed by atoms with van der Waals surface area (Å²) < 4.78 is 0.822. The maximum Gasteiger partial charge on any atom is 0.185 e. The van der Waals surface area contributed by atoms with Crippen LogP contribution >= 0.6 is 15.9 Å². The lowest BCUT2D eigenvalue weighted by atomic mass is 9.78. The molecule has 0 bridgehead atoms. The van der Waals surface area contributed by atoms with Gasteiger partial charge < -0.3 is 0 Å². The summed E-state index contributed by atoms with van der Waals surface area (Å²) in [4.78, 5) is 16.5. The minimum atomic E-state index is 0.184. The third-order valence-corrected chi connectivity index (χ3v) is 4.43. The number of halogens is 1. The number of carbonyl (C=O) groups excluding carboxylic acids is 1. The number of aromatic nitrogens is 1. The normalized spacial score (nSPS) is 24.6. The summed E-state index contributed by atoms with van der Waals surface area (Å²) in [5.41, 5.74) is 0.604. The molecule has 2 rings (SSSR count).